The van der Waals surface area contributed by atoms with E-state index in [1.54, 1.807) is 14.2 Å². The highest BCUT2D eigenvalue weighted by Crippen LogP contribution is 2.38. The first-order valence-electron chi connectivity index (χ1n) is 8.18. The van der Waals surface area contributed by atoms with Crippen LogP contribution in [0.15, 0.2) is 24.4 Å². The fourth-order valence-corrected chi connectivity index (χ4v) is 3.51. The molecular formula is C18H19Cl2N3O3. The second kappa shape index (κ2) is 8.31. The Hall–Kier alpha value is -1.73. The Kier molecular flexibility index (Phi) is 6.09. The largest absolute Gasteiger partial charge is 0.385 e. The Morgan fingerprint density at radius 3 is 2.69 bits per heavy atom. The highest BCUT2D eigenvalue weighted by atomic mass is 35.5. The Balaban J connectivity index is 1.99. The maximum absolute atomic E-state index is 12.9. The summed E-state index contributed by atoms with van der Waals surface area (Å²) in [5.74, 6) is -0.0312. The average Bonchev–Trinajstić information content (AvgIpc) is 2.91. The van der Waals surface area contributed by atoms with Crippen LogP contribution in [0.1, 0.15) is 28.4 Å². The molecule has 1 aliphatic rings. The van der Waals surface area contributed by atoms with Gasteiger partial charge in [0.1, 0.15) is 0 Å². The molecule has 8 heteroatoms. The molecule has 0 fully saturated rings. The van der Waals surface area contributed by atoms with Crippen molar-refractivity contribution >= 4 is 29.1 Å². The van der Waals surface area contributed by atoms with E-state index in [1.807, 2.05) is 23.1 Å². The molecule has 0 N–H and O–H groups in total. The maximum Gasteiger partial charge on any atom is 0.254 e. The summed E-state index contributed by atoms with van der Waals surface area (Å²) in [5.41, 5.74) is 2.85. The number of hydrogen-bond acceptors (Lipinski definition) is 5. The number of nitrogens with zero attached hydrogens (tertiary/aromatic N) is 3. The fraction of sp³-hybridized carbons (Fsp3) is 0.389. The predicted octanol–water partition coefficient (Wildman–Crippen LogP) is 3.63. The normalized spacial score (nSPS) is 16.2. The average molecular weight is 396 g/mol. The molecule has 1 atom stereocenters. The van der Waals surface area contributed by atoms with E-state index in [9.17, 15) is 4.79 Å². The number of halogens is 2. The number of ether oxygens (including phenoxy) is 2. The third kappa shape index (κ3) is 3.69. The van der Waals surface area contributed by atoms with Crippen LogP contribution in [0.2, 0.25) is 10.3 Å². The van der Waals surface area contributed by atoms with Crippen LogP contribution < -0.4 is 0 Å². The molecule has 3 rings (SSSR count). The van der Waals surface area contributed by atoms with Crippen molar-refractivity contribution in [2.45, 2.75) is 12.5 Å². The predicted molar refractivity (Wildman–Crippen MR) is 99.6 cm³/mol. The first kappa shape index (κ1) is 19.0. The number of hydrogen-bond donors (Lipinski definition) is 0. The van der Waals surface area contributed by atoms with Gasteiger partial charge in [0.05, 0.1) is 29.6 Å². The van der Waals surface area contributed by atoms with Gasteiger partial charge in [-0.25, -0.2) is 9.97 Å². The Morgan fingerprint density at radius 2 is 1.96 bits per heavy atom. The minimum Gasteiger partial charge on any atom is -0.385 e. The van der Waals surface area contributed by atoms with E-state index >= 15 is 0 Å². The van der Waals surface area contributed by atoms with E-state index in [0.717, 1.165) is 17.5 Å². The summed E-state index contributed by atoms with van der Waals surface area (Å²) in [4.78, 5) is 22.8. The number of carbonyl (C=O) groups excluding carboxylic acids is 1. The molecule has 1 aliphatic heterocycles. The second-order valence-electron chi connectivity index (χ2n) is 5.93. The van der Waals surface area contributed by atoms with Gasteiger partial charge in [0, 0.05) is 38.5 Å². The van der Waals surface area contributed by atoms with Gasteiger partial charge in [-0.05, 0) is 29.7 Å². The van der Waals surface area contributed by atoms with Gasteiger partial charge in [-0.1, -0.05) is 23.7 Å². The molecule has 26 heavy (non-hydrogen) atoms. The topological polar surface area (TPSA) is 64.6 Å². The third-order valence-corrected chi connectivity index (χ3v) is 4.86. The smallest absolute Gasteiger partial charge is 0.254 e. The number of fused-ring (bicyclic) bond motifs is 1. The molecule has 0 saturated heterocycles. The highest BCUT2D eigenvalue weighted by Gasteiger charge is 2.36. The van der Waals surface area contributed by atoms with Crippen molar-refractivity contribution in [3.8, 4) is 11.3 Å². The molecule has 1 aromatic carbocycles. The van der Waals surface area contributed by atoms with Crippen molar-refractivity contribution < 1.29 is 14.3 Å². The quantitative estimate of drug-likeness (QED) is 0.669. The lowest BCUT2D eigenvalue weighted by atomic mass is 9.99. The number of rotatable bonds is 7. The zero-order valence-electron chi connectivity index (χ0n) is 14.5. The standard InChI is InChI=1S/C18H19Cl2N3O3/c1-25-7-5-15-12-4-3-11(16-14(19)10-21-18(20)22-16)9-13(12)17(24)23(15)6-8-26-2/h3-4,9-10,15H,5-8H2,1-2H3. The summed E-state index contributed by atoms with van der Waals surface area (Å²) in [6, 6.07) is 5.62. The molecule has 0 spiro atoms. The third-order valence-electron chi connectivity index (χ3n) is 4.40. The van der Waals surface area contributed by atoms with Gasteiger partial charge in [-0.3, -0.25) is 4.79 Å². The van der Waals surface area contributed by atoms with Crippen LogP contribution in [0.5, 0.6) is 0 Å². The maximum atomic E-state index is 12.9. The minimum absolute atomic E-state index is 0.0312. The second-order valence-corrected chi connectivity index (χ2v) is 6.67. The van der Waals surface area contributed by atoms with Crippen LogP contribution in [-0.4, -0.2) is 54.8 Å². The zero-order valence-corrected chi connectivity index (χ0v) is 16.0. The lowest BCUT2D eigenvalue weighted by Crippen LogP contribution is -2.31. The highest BCUT2D eigenvalue weighted by molar-refractivity contribution is 6.33. The van der Waals surface area contributed by atoms with Crippen LogP contribution >= 0.6 is 23.2 Å². The van der Waals surface area contributed by atoms with Gasteiger partial charge in [-0.2, -0.15) is 0 Å². The van der Waals surface area contributed by atoms with E-state index in [-0.39, 0.29) is 17.2 Å². The first-order valence-corrected chi connectivity index (χ1v) is 8.93. The molecule has 0 bridgehead atoms. The molecule has 138 valence electrons. The summed E-state index contributed by atoms with van der Waals surface area (Å²) in [6.07, 6.45) is 2.17. The molecule has 1 amide bonds. The van der Waals surface area contributed by atoms with Crippen molar-refractivity contribution in [2.75, 3.05) is 34.0 Å². The van der Waals surface area contributed by atoms with E-state index in [2.05, 4.69) is 9.97 Å². The number of carbonyl (C=O) groups is 1. The molecule has 0 saturated carbocycles. The summed E-state index contributed by atoms with van der Waals surface area (Å²) < 4.78 is 10.4. The van der Waals surface area contributed by atoms with E-state index in [1.165, 1.54) is 6.20 Å². The molecule has 1 unspecified atom stereocenters. The van der Waals surface area contributed by atoms with E-state index in [0.29, 0.717) is 36.0 Å². The minimum atomic E-state index is -0.0360. The Labute approximate surface area is 162 Å². The Morgan fingerprint density at radius 1 is 1.19 bits per heavy atom. The van der Waals surface area contributed by atoms with Gasteiger partial charge < -0.3 is 14.4 Å². The monoisotopic (exact) mass is 395 g/mol. The van der Waals surface area contributed by atoms with E-state index < -0.39 is 0 Å². The van der Waals surface area contributed by atoms with Crippen molar-refractivity contribution in [1.82, 2.24) is 14.9 Å². The van der Waals surface area contributed by atoms with Gasteiger partial charge in [0.2, 0.25) is 5.28 Å². The SMILES string of the molecule is COCCC1c2ccc(-c3nc(Cl)ncc3Cl)cc2C(=O)N1CCOC. The summed E-state index contributed by atoms with van der Waals surface area (Å²) in [5, 5.41) is 0.489. The summed E-state index contributed by atoms with van der Waals surface area (Å²) in [6.45, 7) is 1.56. The fourth-order valence-electron chi connectivity index (χ4n) is 3.18. The molecule has 1 aromatic heterocycles. The molecule has 0 radical (unpaired) electrons. The van der Waals surface area contributed by atoms with Crippen LogP contribution in [-0.2, 0) is 9.47 Å². The van der Waals surface area contributed by atoms with Crippen LogP contribution in [0.4, 0.5) is 0 Å². The zero-order chi connectivity index (χ0) is 18.7. The first-order chi connectivity index (χ1) is 12.6. The van der Waals surface area contributed by atoms with Crippen LogP contribution in [0, 0.1) is 0 Å². The molecule has 2 heterocycles. The van der Waals surface area contributed by atoms with Crippen molar-refractivity contribution in [2.24, 2.45) is 0 Å². The van der Waals surface area contributed by atoms with Crippen molar-refractivity contribution in [3.63, 3.8) is 0 Å². The number of benzene rings is 1. The van der Waals surface area contributed by atoms with E-state index in [4.69, 9.17) is 32.7 Å². The summed E-state index contributed by atoms with van der Waals surface area (Å²) in [7, 11) is 3.28. The Bertz CT molecular complexity index is 816. The molecular weight excluding hydrogens is 377 g/mol. The molecule has 2 aromatic rings. The lowest BCUT2D eigenvalue weighted by molar-refractivity contribution is 0.0607. The van der Waals surface area contributed by atoms with Gasteiger partial charge in [0.15, 0.2) is 0 Å². The lowest BCUT2D eigenvalue weighted by Gasteiger charge is -2.24. The van der Waals surface area contributed by atoms with Crippen molar-refractivity contribution in [3.05, 3.63) is 45.8 Å². The van der Waals surface area contributed by atoms with Crippen LogP contribution in [0.25, 0.3) is 11.3 Å². The van der Waals surface area contributed by atoms with Crippen molar-refractivity contribution in [1.29, 1.82) is 0 Å². The number of amides is 1. The molecule has 6 nitrogen and oxygen atoms in total. The number of methoxy groups -OCH3 is 2. The molecule has 0 aliphatic carbocycles. The summed E-state index contributed by atoms with van der Waals surface area (Å²) >= 11 is 12.1. The van der Waals surface area contributed by atoms with Crippen LogP contribution in [0.3, 0.4) is 0 Å². The number of aromatic nitrogens is 2. The van der Waals surface area contributed by atoms with Gasteiger partial charge in [0.25, 0.3) is 5.91 Å². The van der Waals surface area contributed by atoms with Gasteiger partial charge >= 0.3 is 0 Å². The van der Waals surface area contributed by atoms with Gasteiger partial charge in [-0.15, -0.1) is 0 Å².